The quantitative estimate of drug-likeness (QED) is 0.301. The molecule has 1 aliphatic heterocycles. The molecule has 174 valence electrons. The molecule has 1 saturated heterocycles. The molecule has 34 heavy (non-hydrogen) atoms. The minimum absolute atomic E-state index is 0.0100. The van der Waals surface area contributed by atoms with Crippen molar-refractivity contribution >= 4 is 16.9 Å². The first-order valence-corrected chi connectivity index (χ1v) is 11.7. The first-order chi connectivity index (χ1) is 16.6. The van der Waals surface area contributed by atoms with Crippen molar-refractivity contribution in [1.82, 2.24) is 4.90 Å². The maximum atomic E-state index is 6.13. The maximum absolute atomic E-state index is 6.13. The molecule has 1 unspecified atom stereocenters. The van der Waals surface area contributed by atoms with E-state index in [4.69, 9.17) is 20.6 Å². The lowest BCUT2D eigenvalue weighted by Gasteiger charge is -2.17. The van der Waals surface area contributed by atoms with Gasteiger partial charge < -0.3 is 20.6 Å². The van der Waals surface area contributed by atoms with E-state index >= 15 is 0 Å². The van der Waals surface area contributed by atoms with Gasteiger partial charge in [-0.1, -0.05) is 48.5 Å². The van der Waals surface area contributed by atoms with Crippen LogP contribution >= 0.6 is 0 Å². The van der Waals surface area contributed by atoms with Crippen molar-refractivity contribution in [3.63, 3.8) is 0 Å². The molecular formula is C28H30N4O2. The van der Waals surface area contributed by atoms with E-state index in [0.29, 0.717) is 11.5 Å². The molecule has 0 saturated carbocycles. The summed E-state index contributed by atoms with van der Waals surface area (Å²) in [5.74, 6) is 1.35. The van der Waals surface area contributed by atoms with E-state index in [1.807, 2.05) is 36.4 Å². The molecule has 0 spiro atoms. The SMILES string of the molecule is COc1ccc(-c2ccc(CN3CCCC3)cc2)cc1C(N=C(N)N)c1cc2ccccc2o1. The van der Waals surface area contributed by atoms with E-state index in [9.17, 15) is 0 Å². The fourth-order valence-electron chi connectivity index (χ4n) is 4.70. The van der Waals surface area contributed by atoms with Crippen LogP contribution in [0.2, 0.25) is 0 Å². The van der Waals surface area contributed by atoms with Gasteiger partial charge in [0.25, 0.3) is 0 Å². The zero-order chi connectivity index (χ0) is 23.5. The molecule has 3 aromatic carbocycles. The first kappa shape index (κ1) is 22.0. The molecule has 1 aliphatic rings. The van der Waals surface area contributed by atoms with Gasteiger partial charge in [-0.3, -0.25) is 4.90 Å². The fourth-order valence-corrected chi connectivity index (χ4v) is 4.70. The second-order valence-electron chi connectivity index (χ2n) is 8.78. The average Bonchev–Trinajstić information content (AvgIpc) is 3.52. The minimum Gasteiger partial charge on any atom is -0.496 e. The van der Waals surface area contributed by atoms with Crippen LogP contribution in [0.5, 0.6) is 5.75 Å². The molecule has 0 amide bonds. The average molecular weight is 455 g/mol. The second-order valence-corrected chi connectivity index (χ2v) is 8.78. The third kappa shape index (κ3) is 4.63. The van der Waals surface area contributed by atoms with Crippen molar-refractivity contribution in [3.05, 3.63) is 89.7 Å². The Labute approximate surface area is 199 Å². The van der Waals surface area contributed by atoms with Gasteiger partial charge in [-0.15, -0.1) is 0 Å². The molecule has 5 rings (SSSR count). The lowest BCUT2D eigenvalue weighted by Crippen LogP contribution is -2.24. The van der Waals surface area contributed by atoms with Crippen LogP contribution in [0.3, 0.4) is 0 Å². The number of ether oxygens (including phenoxy) is 1. The summed E-state index contributed by atoms with van der Waals surface area (Å²) in [6.45, 7) is 3.39. The molecule has 2 heterocycles. The smallest absolute Gasteiger partial charge is 0.186 e. The summed E-state index contributed by atoms with van der Waals surface area (Å²) in [6.07, 6.45) is 2.60. The molecule has 0 bridgehead atoms. The number of methoxy groups -OCH3 is 1. The topological polar surface area (TPSA) is 90.0 Å². The molecule has 6 nitrogen and oxygen atoms in total. The molecule has 1 fully saturated rings. The van der Waals surface area contributed by atoms with Gasteiger partial charge in [0.15, 0.2) is 5.96 Å². The Morgan fingerprint density at radius 3 is 2.41 bits per heavy atom. The van der Waals surface area contributed by atoms with Crippen LogP contribution in [0.1, 0.15) is 35.8 Å². The van der Waals surface area contributed by atoms with Crippen LogP contribution in [-0.4, -0.2) is 31.1 Å². The van der Waals surface area contributed by atoms with Crippen LogP contribution in [0.4, 0.5) is 0 Å². The summed E-state index contributed by atoms with van der Waals surface area (Å²) < 4.78 is 11.8. The zero-order valence-corrected chi connectivity index (χ0v) is 19.4. The molecule has 6 heteroatoms. The van der Waals surface area contributed by atoms with Gasteiger partial charge in [-0.05, 0) is 66.9 Å². The number of nitrogens with zero attached hydrogens (tertiary/aromatic N) is 2. The Bertz CT molecular complexity index is 1270. The van der Waals surface area contributed by atoms with Gasteiger partial charge in [0.1, 0.15) is 23.1 Å². The number of nitrogens with two attached hydrogens (primary N) is 2. The number of benzene rings is 3. The van der Waals surface area contributed by atoms with Gasteiger partial charge in [0.2, 0.25) is 0 Å². The van der Waals surface area contributed by atoms with Crippen LogP contribution < -0.4 is 16.2 Å². The Morgan fingerprint density at radius 2 is 1.71 bits per heavy atom. The van der Waals surface area contributed by atoms with Crippen LogP contribution in [-0.2, 0) is 6.54 Å². The molecule has 4 aromatic rings. The lowest BCUT2D eigenvalue weighted by molar-refractivity contribution is 0.331. The molecule has 1 atom stereocenters. The van der Waals surface area contributed by atoms with E-state index in [1.165, 1.54) is 31.5 Å². The Balaban J connectivity index is 1.51. The Morgan fingerprint density at radius 1 is 0.971 bits per heavy atom. The summed E-state index contributed by atoms with van der Waals surface area (Å²) in [5, 5.41) is 0.997. The van der Waals surface area contributed by atoms with Crippen LogP contribution in [0, 0.1) is 0 Å². The number of rotatable bonds is 7. The van der Waals surface area contributed by atoms with Crippen LogP contribution in [0.25, 0.3) is 22.1 Å². The number of hydrogen-bond acceptors (Lipinski definition) is 4. The third-order valence-corrected chi connectivity index (χ3v) is 6.41. The number of furan rings is 1. The van der Waals surface area contributed by atoms with E-state index in [2.05, 4.69) is 46.3 Å². The summed E-state index contributed by atoms with van der Waals surface area (Å²) in [4.78, 5) is 7.03. The largest absolute Gasteiger partial charge is 0.496 e. The Kier molecular flexibility index (Phi) is 6.23. The number of fused-ring (bicyclic) bond motifs is 1. The lowest BCUT2D eigenvalue weighted by atomic mass is 9.96. The molecule has 1 aromatic heterocycles. The van der Waals surface area contributed by atoms with Crippen molar-refractivity contribution in [1.29, 1.82) is 0 Å². The molecule has 4 N–H and O–H groups in total. The summed E-state index contributed by atoms with van der Waals surface area (Å²) >= 11 is 0. The normalized spacial score (nSPS) is 14.9. The van der Waals surface area contributed by atoms with Gasteiger partial charge in [0.05, 0.1) is 7.11 Å². The van der Waals surface area contributed by atoms with Crippen molar-refractivity contribution in [2.24, 2.45) is 16.5 Å². The van der Waals surface area contributed by atoms with Crippen molar-refractivity contribution < 1.29 is 9.15 Å². The summed E-state index contributed by atoms with van der Waals surface area (Å²) in [5.41, 5.74) is 16.8. The first-order valence-electron chi connectivity index (χ1n) is 11.7. The van der Waals surface area contributed by atoms with Gasteiger partial charge in [-0.2, -0.15) is 0 Å². The highest BCUT2D eigenvalue weighted by atomic mass is 16.5. The standard InChI is InChI=1S/C28H30N4O2/c1-33-25-13-12-21(20-10-8-19(9-11-20)18-32-14-4-5-15-32)16-23(25)27(31-28(29)30)26-17-22-6-2-3-7-24(22)34-26/h2-3,6-13,16-17,27H,4-5,14-15,18H2,1H3,(H4,29,30,31). The zero-order valence-electron chi connectivity index (χ0n) is 19.4. The number of guanidine groups is 1. The number of aliphatic imine (C=N–C) groups is 1. The predicted molar refractivity (Wildman–Crippen MR) is 137 cm³/mol. The van der Waals surface area contributed by atoms with E-state index in [1.54, 1.807) is 7.11 Å². The number of para-hydroxylation sites is 1. The predicted octanol–water partition coefficient (Wildman–Crippen LogP) is 5.07. The van der Waals surface area contributed by atoms with Gasteiger partial charge in [0, 0.05) is 17.5 Å². The third-order valence-electron chi connectivity index (χ3n) is 6.41. The monoisotopic (exact) mass is 454 g/mol. The highest BCUT2D eigenvalue weighted by molar-refractivity contribution is 5.79. The molecular weight excluding hydrogens is 424 g/mol. The van der Waals surface area contributed by atoms with Crippen molar-refractivity contribution in [2.75, 3.05) is 20.2 Å². The molecule has 0 radical (unpaired) electrons. The molecule has 0 aliphatic carbocycles. The van der Waals surface area contributed by atoms with Crippen LogP contribution in [0.15, 0.2) is 82.2 Å². The van der Waals surface area contributed by atoms with E-state index in [0.717, 1.165) is 34.2 Å². The van der Waals surface area contributed by atoms with Gasteiger partial charge >= 0.3 is 0 Å². The summed E-state index contributed by atoms with van der Waals surface area (Å²) in [7, 11) is 1.65. The Hall–Kier alpha value is -3.77. The highest BCUT2D eigenvalue weighted by Crippen LogP contribution is 2.38. The summed E-state index contributed by atoms with van der Waals surface area (Å²) in [6, 6.07) is 24.2. The van der Waals surface area contributed by atoms with E-state index < -0.39 is 6.04 Å². The number of hydrogen-bond donors (Lipinski definition) is 2. The minimum atomic E-state index is -0.526. The van der Waals surface area contributed by atoms with Crippen molar-refractivity contribution in [2.45, 2.75) is 25.4 Å². The fraction of sp³-hybridized carbons (Fsp3) is 0.250. The van der Waals surface area contributed by atoms with Gasteiger partial charge in [-0.25, -0.2) is 4.99 Å². The maximum Gasteiger partial charge on any atom is 0.186 e. The van der Waals surface area contributed by atoms with E-state index in [-0.39, 0.29) is 5.96 Å². The number of likely N-dealkylation sites (tertiary alicyclic amines) is 1. The van der Waals surface area contributed by atoms with Crippen molar-refractivity contribution in [3.8, 4) is 16.9 Å². The second kappa shape index (κ2) is 9.61. The highest BCUT2D eigenvalue weighted by Gasteiger charge is 2.23.